The number of rotatable bonds is 7. The van der Waals surface area contributed by atoms with Gasteiger partial charge in [-0.3, -0.25) is 4.79 Å². The standard InChI is InChI=1S/C19H27N3O4/c1-6-26-19(25)17-12(2)22(10-9-20-13(3)23)15-7-8-16(24)14(18(15)17)11-21(4)5/h7-8,24H,6,9-11H2,1-5H3,(H,20,23)/p+1. The molecular weight excluding hydrogens is 334 g/mol. The van der Waals surface area contributed by atoms with Crippen LogP contribution in [0.1, 0.15) is 35.5 Å². The van der Waals surface area contributed by atoms with Crippen LogP contribution in [0.2, 0.25) is 0 Å². The molecule has 26 heavy (non-hydrogen) atoms. The highest BCUT2D eigenvalue weighted by atomic mass is 16.5. The summed E-state index contributed by atoms with van der Waals surface area (Å²) in [6, 6.07) is 3.46. The summed E-state index contributed by atoms with van der Waals surface area (Å²) in [5.41, 5.74) is 2.83. The normalized spacial score (nSPS) is 11.2. The van der Waals surface area contributed by atoms with Crippen LogP contribution in [0.3, 0.4) is 0 Å². The number of esters is 1. The average Bonchev–Trinajstić information content (AvgIpc) is 2.82. The van der Waals surface area contributed by atoms with Crippen molar-refractivity contribution in [2.75, 3.05) is 27.2 Å². The summed E-state index contributed by atoms with van der Waals surface area (Å²) in [5.74, 6) is -0.323. The highest BCUT2D eigenvalue weighted by Crippen LogP contribution is 2.34. The van der Waals surface area contributed by atoms with Crippen LogP contribution in [-0.2, 0) is 22.6 Å². The number of phenols is 1. The molecule has 7 heteroatoms. The summed E-state index contributed by atoms with van der Waals surface area (Å²) in [5, 5.41) is 13.9. The van der Waals surface area contributed by atoms with E-state index in [4.69, 9.17) is 4.74 Å². The van der Waals surface area contributed by atoms with Crippen LogP contribution in [0.15, 0.2) is 12.1 Å². The van der Waals surface area contributed by atoms with Gasteiger partial charge in [0.05, 0.1) is 31.8 Å². The molecular formula is C19H28N3O4+. The largest absolute Gasteiger partial charge is 0.507 e. The van der Waals surface area contributed by atoms with E-state index >= 15 is 0 Å². The average molecular weight is 362 g/mol. The Morgan fingerprint density at radius 1 is 1.31 bits per heavy atom. The predicted octanol–water partition coefficient (Wildman–Crippen LogP) is 0.613. The highest BCUT2D eigenvalue weighted by Gasteiger charge is 2.25. The van der Waals surface area contributed by atoms with Crippen molar-refractivity contribution in [3.05, 3.63) is 29.0 Å². The van der Waals surface area contributed by atoms with Gasteiger partial charge in [-0.05, 0) is 26.0 Å². The number of carbonyl (C=O) groups is 2. The van der Waals surface area contributed by atoms with Crippen molar-refractivity contribution in [3.63, 3.8) is 0 Å². The molecule has 0 saturated carbocycles. The minimum absolute atomic E-state index is 0.0979. The molecule has 7 nitrogen and oxygen atoms in total. The molecule has 1 amide bonds. The number of hydrogen-bond donors (Lipinski definition) is 3. The number of phenolic OH excluding ortho intramolecular Hbond substituents is 1. The number of aromatic hydroxyl groups is 1. The third-order valence-corrected chi connectivity index (χ3v) is 4.29. The molecule has 0 aliphatic heterocycles. The van der Waals surface area contributed by atoms with Gasteiger partial charge in [-0.15, -0.1) is 0 Å². The van der Waals surface area contributed by atoms with E-state index in [0.29, 0.717) is 25.2 Å². The first-order valence-electron chi connectivity index (χ1n) is 8.82. The number of nitrogens with zero attached hydrogens (tertiary/aromatic N) is 1. The first-order chi connectivity index (χ1) is 12.3. The van der Waals surface area contributed by atoms with Crippen molar-refractivity contribution in [1.29, 1.82) is 0 Å². The third-order valence-electron chi connectivity index (χ3n) is 4.29. The smallest absolute Gasteiger partial charge is 0.340 e. The topological polar surface area (TPSA) is 85.0 Å². The molecule has 0 unspecified atom stereocenters. The van der Waals surface area contributed by atoms with Crippen molar-refractivity contribution >= 4 is 22.8 Å². The molecule has 0 radical (unpaired) electrons. The van der Waals surface area contributed by atoms with E-state index in [2.05, 4.69) is 5.32 Å². The number of fused-ring (bicyclic) bond motifs is 1. The van der Waals surface area contributed by atoms with E-state index in [0.717, 1.165) is 27.1 Å². The van der Waals surface area contributed by atoms with Crippen LogP contribution in [-0.4, -0.2) is 48.8 Å². The van der Waals surface area contributed by atoms with Crippen LogP contribution in [0.25, 0.3) is 10.9 Å². The number of benzene rings is 1. The Hall–Kier alpha value is -2.54. The van der Waals surface area contributed by atoms with Gasteiger partial charge in [-0.2, -0.15) is 0 Å². The fourth-order valence-corrected chi connectivity index (χ4v) is 3.24. The predicted molar refractivity (Wildman–Crippen MR) is 99.5 cm³/mol. The maximum atomic E-state index is 12.6. The van der Waals surface area contributed by atoms with E-state index < -0.39 is 5.97 Å². The Morgan fingerprint density at radius 2 is 2.00 bits per heavy atom. The van der Waals surface area contributed by atoms with E-state index in [1.165, 1.54) is 6.92 Å². The Bertz CT molecular complexity index is 824. The number of quaternary nitrogens is 1. The molecule has 0 saturated heterocycles. The second-order valence-electron chi connectivity index (χ2n) is 6.66. The van der Waals surface area contributed by atoms with Gasteiger partial charge in [-0.1, -0.05) is 0 Å². The Labute approximate surface area is 153 Å². The van der Waals surface area contributed by atoms with Gasteiger partial charge in [0.25, 0.3) is 0 Å². The minimum Gasteiger partial charge on any atom is -0.507 e. The van der Waals surface area contributed by atoms with Gasteiger partial charge >= 0.3 is 5.97 Å². The maximum Gasteiger partial charge on any atom is 0.340 e. The molecule has 0 spiro atoms. The molecule has 0 aliphatic rings. The lowest BCUT2D eigenvalue weighted by Gasteiger charge is -2.12. The van der Waals surface area contributed by atoms with Crippen LogP contribution in [0.4, 0.5) is 0 Å². The van der Waals surface area contributed by atoms with E-state index in [9.17, 15) is 14.7 Å². The lowest BCUT2D eigenvalue weighted by Crippen LogP contribution is -3.04. The molecule has 0 aliphatic carbocycles. The van der Waals surface area contributed by atoms with Gasteiger partial charge in [-0.25, -0.2) is 4.79 Å². The SMILES string of the molecule is CCOC(=O)c1c(C)n(CCNC(C)=O)c2ccc(O)c(C[NH+](C)C)c12. The monoisotopic (exact) mass is 362 g/mol. The fraction of sp³-hybridized carbons (Fsp3) is 0.474. The number of ether oxygens (including phenoxy) is 1. The van der Waals surface area contributed by atoms with E-state index in [1.807, 2.05) is 31.7 Å². The summed E-state index contributed by atoms with van der Waals surface area (Å²) in [6.07, 6.45) is 0. The van der Waals surface area contributed by atoms with Gasteiger partial charge in [0.15, 0.2) is 0 Å². The number of carbonyl (C=O) groups excluding carboxylic acids is 2. The lowest BCUT2D eigenvalue weighted by atomic mass is 10.0. The molecule has 0 fully saturated rings. The Morgan fingerprint density at radius 3 is 2.58 bits per heavy atom. The molecule has 0 bridgehead atoms. The van der Waals surface area contributed by atoms with Crippen molar-refractivity contribution < 1.29 is 24.3 Å². The quantitative estimate of drug-likeness (QED) is 0.630. The van der Waals surface area contributed by atoms with Gasteiger partial charge < -0.3 is 24.6 Å². The zero-order valence-corrected chi connectivity index (χ0v) is 16.1. The second kappa shape index (κ2) is 8.23. The molecule has 142 valence electrons. The number of hydrogen-bond acceptors (Lipinski definition) is 4. The number of nitrogens with one attached hydrogen (secondary N) is 2. The number of aromatic nitrogens is 1. The molecule has 1 aromatic carbocycles. The van der Waals surface area contributed by atoms with Crippen LogP contribution >= 0.6 is 0 Å². The molecule has 1 aromatic heterocycles. The summed E-state index contributed by atoms with van der Waals surface area (Å²) in [6.45, 7) is 6.95. The molecule has 2 aromatic rings. The van der Waals surface area contributed by atoms with Gasteiger partial charge in [0, 0.05) is 36.6 Å². The van der Waals surface area contributed by atoms with E-state index in [-0.39, 0.29) is 18.3 Å². The Balaban J connectivity index is 2.67. The third kappa shape index (κ3) is 3.99. The fourth-order valence-electron chi connectivity index (χ4n) is 3.24. The van der Waals surface area contributed by atoms with Crippen molar-refractivity contribution in [2.45, 2.75) is 33.9 Å². The van der Waals surface area contributed by atoms with E-state index in [1.54, 1.807) is 13.0 Å². The summed E-state index contributed by atoms with van der Waals surface area (Å²) in [4.78, 5) is 24.9. The Kier molecular flexibility index (Phi) is 6.26. The second-order valence-corrected chi connectivity index (χ2v) is 6.66. The molecule has 2 rings (SSSR count). The molecule has 0 atom stereocenters. The summed E-state index contributed by atoms with van der Waals surface area (Å²) >= 11 is 0. The summed E-state index contributed by atoms with van der Waals surface area (Å²) < 4.78 is 7.25. The highest BCUT2D eigenvalue weighted by molar-refractivity contribution is 6.08. The zero-order valence-electron chi connectivity index (χ0n) is 16.1. The van der Waals surface area contributed by atoms with Crippen molar-refractivity contribution in [3.8, 4) is 5.75 Å². The minimum atomic E-state index is -0.395. The first-order valence-corrected chi connectivity index (χ1v) is 8.82. The first kappa shape index (κ1) is 19.8. The van der Waals surface area contributed by atoms with Crippen molar-refractivity contribution in [1.82, 2.24) is 9.88 Å². The van der Waals surface area contributed by atoms with Crippen LogP contribution in [0.5, 0.6) is 5.75 Å². The van der Waals surface area contributed by atoms with Crippen LogP contribution in [0, 0.1) is 6.92 Å². The van der Waals surface area contributed by atoms with Crippen LogP contribution < -0.4 is 10.2 Å². The lowest BCUT2D eigenvalue weighted by molar-refractivity contribution is -0.872. The maximum absolute atomic E-state index is 12.6. The summed E-state index contributed by atoms with van der Waals surface area (Å²) in [7, 11) is 3.98. The molecule has 3 N–H and O–H groups in total. The van der Waals surface area contributed by atoms with Gasteiger partial charge in [0.1, 0.15) is 12.3 Å². The number of amides is 1. The van der Waals surface area contributed by atoms with Crippen molar-refractivity contribution in [2.24, 2.45) is 0 Å². The zero-order chi connectivity index (χ0) is 19.4. The van der Waals surface area contributed by atoms with Gasteiger partial charge in [0.2, 0.25) is 5.91 Å². The molecule has 1 heterocycles.